The van der Waals surface area contributed by atoms with Gasteiger partial charge in [0.05, 0.1) is 48.1 Å². The van der Waals surface area contributed by atoms with Crippen molar-refractivity contribution in [2.75, 3.05) is 26.9 Å². The van der Waals surface area contributed by atoms with Crippen LogP contribution in [0.3, 0.4) is 0 Å². The molecule has 0 spiro atoms. The van der Waals surface area contributed by atoms with Crippen molar-refractivity contribution in [3.63, 3.8) is 0 Å². The Bertz CT molecular complexity index is 1970. The van der Waals surface area contributed by atoms with Crippen molar-refractivity contribution in [2.24, 2.45) is 4.99 Å². The Hall–Kier alpha value is -4.61. The highest BCUT2D eigenvalue weighted by atomic mass is 35.5. The SMILES string of the molecule is CCOc1ccc([C@@H]2C(C(=O)OC)=CN=c3s/c(=C\c4cc(Cl)c(OCc5cccc(F)c5)c(OCC)c4)c(=O)n32)cc1OCC. The van der Waals surface area contributed by atoms with Crippen LogP contribution in [0.2, 0.25) is 5.02 Å². The standard InChI is InChI=1S/C34H32ClFN2O7S/c1-5-42-26-12-11-22(17-27(26)43-6-2)30-24(33(40)41-4)18-37-34-38(30)32(39)29(46-34)16-21-14-25(35)31(28(15-21)44-7-3)45-19-20-9-8-10-23(36)13-20/h8-18,30H,5-7,19H2,1-4H3/b29-16-/t30-/m1/s1. The molecule has 4 aromatic rings. The van der Waals surface area contributed by atoms with Crippen LogP contribution in [0.25, 0.3) is 6.08 Å². The van der Waals surface area contributed by atoms with E-state index in [-0.39, 0.29) is 28.6 Å². The van der Waals surface area contributed by atoms with Crippen molar-refractivity contribution in [2.45, 2.75) is 33.4 Å². The number of esters is 1. The van der Waals surface area contributed by atoms with Gasteiger partial charge in [-0.1, -0.05) is 41.1 Å². The quantitative estimate of drug-likeness (QED) is 0.182. The fraction of sp³-hybridized carbons (Fsp3) is 0.265. The van der Waals surface area contributed by atoms with E-state index in [1.807, 2.05) is 20.8 Å². The molecule has 1 aliphatic rings. The van der Waals surface area contributed by atoms with E-state index in [0.717, 1.165) is 0 Å². The van der Waals surface area contributed by atoms with Crippen LogP contribution in [0.5, 0.6) is 23.0 Å². The molecular weight excluding hydrogens is 635 g/mol. The molecule has 1 aromatic heterocycles. The number of carbonyl (C=O) groups is 1. The number of nitrogens with zero attached hydrogens (tertiary/aromatic N) is 2. The number of halogens is 2. The number of thiazole rings is 1. The average molecular weight is 667 g/mol. The molecule has 0 N–H and O–H groups in total. The third-order valence-electron chi connectivity index (χ3n) is 6.91. The second-order valence-corrected chi connectivity index (χ2v) is 11.3. The monoisotopic (exact) mass is 666 g/mol. The Morgan fingerprint density at radius 3 is 2.43 bits per heavy atom. The maximum atomic E-state index is 14.0. The van der Waals surface area contributed by atoms with Crippen molar-refractivity contribution >= 4 is 35.0 Å². The maximum absolute atomic E-state index is 14.0. The number of methoxy groups -OCH3 is 1. The first-order valence-corrected chi connectivity index (χ1v) is 15.8. The Morgan fingerprint density at radius 2 is 1.72 bits per heavy atom. The molecule has 0 saturated carbocycles. The largest absolute Gasteiger partial charge is 0.490 e. The molecule has 5 rings (SSSR count). The van der Waals surface area contributed by atoms with Crippen LogP contribution in [-0.2, 0) is 16.1 Å². The van der Waals surface area contributed by atoms with E-state index < -0.39 is 12.0 Å². The van der Waals surface area contributed by atoms with Crippen LogP contribution in [0.15, 0.2) is 76.2 Å². The van der Waals surface area contributed by atoms with Crippen LogP contribution >= 0.6 is 22.9 Å². The number of aromatic nitrogens is 1. The lowest BCUT2D eigenvalue weighted by atomic mass is 9.97. The van der Waals surface area contributed by atoms with Crippen molar-refractivity contribution in [1.82, 2.24) is 4.57 Å². The number of fused-ring (bicyclic) bond motifs is 1. The molecule has 12 heteroatoms. The minimum absolute atomic E-state index is 0.0780. The highest BCUT2D eigenvalue weighted by Crippen LogP contribution is 2.38. The van der Waals surface area contributed by atoms with Gasteiger partial charge in [0.15, 0.2) is 27.8 Å². The molecule has 3 aromatic carbocycles. The lowest BCUT2D eigenvalue weighted by Gasteiger charge is -2.23. The molecule has 0 fully saturated rings. The summed E-state index contributed by atoms with van der Waals surface area (Å²) in [5, 5.41) is 0.255. The molecule has 2 heterocycles. The van der Waals surface area contributed by atoms with Gasteiger partial charge in [0.25, 0.3) is 5.56 Å². The highest BCUT2D eigenvalue weighted by molar-refractivity contribution is 7.07. The van der Waals surface area contributed by atoms with Crippen molar-refractivity contribution in [1.29, 1.82) is 0 Å². The third kappa shape index (κ3) is 6.95. The Morgan fingerprint density at radius 1 is 0.978 bits per heavy atom. The minimum Gasteiger partial charge on any atom is -0.490 e. The van der Waals surface area contributed by atoms with E-state index in [1.54, 1.807) is 48.5 Å². The molecule has 9 nitrogen and oxygen atoms in total. The van der Waals surface area contributed by atoms with Gasteiger partial charge >= 0.3 is 5.97 Å². The highest BCUT2D eigenvalue weighted by Gasteiger charge is 2.31. The van der Waals surface area contributed by atoms with Crippen molar-refractivity contribution in [3.05, 3.63) is 114 Å². The van der Waals surface area contributed by atoms with E-state index in [4.69, 9.17) is 35.3 Å². The predicted octanol–water partition coefficient (Wildman–Crippen LogP) is 5.59. The van der Waals surface area contributed by atoms with E-state index in [2.05, 4.69) is 4.99 Å². The van der Waals surface area contributed by atoms with Crippen LogP contribution in [0.1, 0.15) is 43.5 Å². The topological polar surface area (TPSA) is 97.6 Å². The zero-order chi connectivity index (χ0) is 32.8. The van der Waals surface area contributed by atoms with Crippen LogP contribution in [0.4, 0.5) is 4.39 Å². The summed E-state index contributed by atoms with van der Waals surface area (Å²) in [4.78, 5) is 31.7. The summed E-state index contributed by atoms with van der Waals surface area (Å²) < 4.78 is 43.8. The van der Waals surface area contributed by atoms with E-state index in [0.29, 0.717) is 68.8 Å². The molecule has 0 aliphatic carbocycles. The zero-order valence-corrected chi connectivity index (χ0v) is 27.2. The van der Waals surface area contributed by atoms with Gasteiger partial charge in [0, 0.05) is 6.20 Å². The van der Waals surface area contributed by atoms with Gasteiger partial charge in [0.2, 0.25) is 0 Å². The lowest BCUT2D eigenvalue weighted by molar-refractivity contribution is -0.136. The van der Waals surface area contributed by atoms with Gasteiger partial charge in [-0.15, -0.1) is 0 Å². The van der Waals surface area contributed by atoms with E-state index in [9.17, 15) is 14.0 Å². The van der Waals surface area contributed by atoms with Crippen LogP contribution in [0, 0.1) is 5.82 Å². The first kappa shape index (κ1) is 32.8. The number of rotatable bonds is 12. The number of hydrogen-bond acceptors (Lipinski definition) is 9. The Balaban J connectivity index is 1.57. The second-order valence-electron chi connectivity index (χ2n) is 9.93. The summed E-state index contributed by atoms with van der Waals surface area (Å²) in [5.74, 6) is 0.727. The fourth-order valence-corrected chi connectivity index (χ4v) is 6.24. The number of ether oxygens (including phenoxy) is 5. The Labute approximate surface area is 273 Å². The minimum atomic E-state index is -0.832. The smallest absolute Gasteiger partial charge is 0.337 e. The molecule has 240 valence electrons. The molecule has 46 heavy (non-hydrogen) atoms. The molecule has 0 bridgehead atoms. The summed E-state index contributed by atoms with van der Waals surface area (Å²) in [5.41, 5.74) is 1.66. The number of benzene rings is 3. The third-order valence-corrected chi connectivity index (χ3v) is 8.19. The summed E-state index contributed by atoms with van der Waals surface area (Å²) in [6, 6.07) is 13.9. The predicted molar refractivity (Wildman–Crippen MR) is 173 cm³/mol. The summed E-state index contributed by atoms with van der Waals surface area (Å²) in [6.45, 7) is 6.81. The average Bonchev–Trinajstić information content (AvgIpc) is 3.35. The number of carbonyl (C=O) groups excluding carboxylic acids is 1. The molecule has 1 aliphatic heterocycles. The van der Waals surface area contributed by atoms with Gasteiger partial charge in [-0.25, -0.2) is 14.2 Å². The molecule has 1 atom stereocenters. The van der Waals surface area contributed by atoms with Gasteiger partial charge in [-0.2, -0.15) is 0 Å². The zero-order valence-electron chi connectivity index (χ0n) is 25.7. The molecule has 0 unspecified atom stereocenters. The van der Waals surface area contributed by atoms with Crippen LogP contribution in [-0.4, -0.2) is 37.5 Å². The summed E-state index contributed by atoms with van der Waals surface area (Å²) in [6.07, 6.45) is 3.11. The summed E-state index contributed by atoms with van der Waals surface area (Å²) in [7, 11) is 1.28. The molecular formula is C34H32ClFN2O7S. The van der Waals surface area contributed by atoms with Crippen molar-refractivity contribution in [3.8, 4) is 23.0 Å². The fourth-order valence-electron chi connectivity index (χ4n) is 5.00. The van der Waals surface area contributed by atoms with E-state index in [1.165, 1.54) is 41.3 Å². The first-order valence-electron chi connectivity index (χ1n) is 14.6. The van der Waals surface area contributed by atoms with Gasteiger partial charge in [0.1, 0.15) is 12.4 Å². The molecule has 0 radical (unpaired) electrons. The first-order chi connectivity index (χ1) is 22.3. The molecule has 0 saturated heterocycles. The number of hydrogen-bond donors (Lipinski definition) is 0. The van der Waals surface area contributed by atoms with Gasteiger partial charge < -0.3 is 23.7 Å². The lowest BCUT2D eigenvalue weighted by Crippen LogP contribution is -2.39. The van der Waals surface area contributed by atoms with Gasteiger partial charge in [-0.3, -0.25) is 9.36 Å². The summed E-state index contributed by atoms with van der Waals surface area (Å²) >= 11 is 7.81. The Kier molecular flexibility index (Phi) is 10.4. The normalized spacial score (nSPS) is 14.2. The maximum Gasteiger partial charge on any atom is 0.337 e. The van der Waals surface area contributed by atoms with E-state index >= 15 is 0 Å². The van der Waals surface area contributed by atoms with Crippen LogP contribution < -0.4 is 33.8 Å². The van der Waals surface area contributed by atoms with Gasteiger partial charge in [-0.05, 0) is 79.9 Å². The second kappa shape index (κ2) is 14.7. The van der Waals surface area contributed by atoms with Crippen molar-refractivity contribution < 1.29 is 32.9 Å². The molecule has 0 amide bonds.